The molecule has 0 aromatic heterocycles. The van der Waals surface area contributed by atoms with Gasteiger partial charge in [-0.15, -0.1) is 0 Å². The monoisotopic (exact) mass is 175 g/mol. The third kappa shape index (κ3) is 2.10. The topological polar surface area (TPSA) is 12.0 Å². The fourth-order valence-electron chi connectivity index (χ4n) is 2.11. The van der Waals surface area contributed by atoms with Crippen molar-refractivity contribution in [2.24, 2.45) is 5.92 Å². The Balaban J connectivity index is 1.98. The van der Waals surface area contributed by atoms with E-state index in [-0.39, 0.29) is 0 Å². The van der Waals surface area contributed by atoms with Gasteiger partial charge in [-0.25, -0.2) is 0 Å². The molecule has 0 amide bonds. The van der Waals surface area contributed by atoms with Crippen molar-refractivity contribution in [1.82, 2.24) is 5.32 Å². The molecule has 0 spiro atoms. The van der Waals surface area contributed by atoms with Gasteiger partial charge < -0.3 is 5.32 Å². The van der Waals surface area contributed by atoms with E-state index in [0.29, 0.717) is 6.04 Å². The van der Waals surface area contributed by atoms with Gasteiger partial charge in [0, 0.05) is 6.04 Å². The van der Waals surface area contributed by atoms with Crippen molar-refractivity contribution in [3.8, 4) is 0 Å². The lowest BCUT2D eigenvalue weighted by Crippen LogP contribution is -2.23. The predicted molar refractivity (Wildman–Crippen MR) is 55.7 cm³/mol. The van der Waals surface area contributed by atoms with E-state index in [1.807, 2.05) is 0 Å². The Morgan fingerprint density at radius 3 is 2.69 bits per heavy atom. The molecule has 13 heavy (non-hydrogen) atoms. The molecule has 1 heteroatoms. The molecule has 1 fully saturated rings. The van der Waals surface area contributed by atoms with Gasteiger partial charge in [-0.05, 0) is 37.8 Å². The second kappa shape index (κ2) is 3.93. The zero-order chi connectivity index (χ0) is 9.10. The molecule has 1 aliphatic heterocycles. The first-order chi connectivity index (χ1) is 6.36. The summed E-state index contributed by atoms with van der Waals surface area (Å²) in [6, 6.07) is 11.5. The van der Waals surface area contributed by atoms with Crippen LogP contribution in [0.1, 0.15) is 18.9 Å². The smallest absolute Gasteiger partial charge is 0.00706 e. The summed E-state index contributed by atoms with van der Waals surface area (Å²) >= 11 is 0. The van der Waals surface area contributed by atoms with Crippen molar-refractivity contribution in [2.75, 3.05) is 6.54 Å². The summed E-state index contributed by atoms with van der Waals surface area (Å²) < 4.78 is 0. The van der Waals surface area contributed by atoms with Crippen LogP contribution in [-0.2, 0) is 6.42 Å². The van der Waals surface area contributed by atoms with Crippen LogP contribution in [0.15, 0.2) is 30.3 Å². The number of hydrogen-bond acceptors (Lipinski definition) is 1. The molecule has 1 nitrogen and oxygen atoms in total. The first-order valence-corrected chi connectivity index (χ1v) is 5.13. The number of rotatable bonds is 2. The van der Waals surface area contributed by atoms with E-state index < -0.39 is 0 Å². The van der Waals surface area contributed by atoms with Crippen molar-refractivity contribution in [2.45, 2.75) is 25.8 Å². The Morgan fingerprint density at radius 1 is 1.31 bits per heavy atom. The summed E-state index contributed by atoms with van der Waals surface area (Å²) in [6.07, 6.45) is 2.56. The quantitative estimate of drug-likeness (QED) is 0.726. The van der Waals surface area contributed by atoms with Gasteiger partial charge in [0.15, 0.2) is 0 Å². The Labute approximate surface area is 80.2 Å². The maximum absolute atomic E-state index is 3.49. The highest BCUT2D eigenvalue weighted by atomic mass is 14.9. The van der Waals surface area contributed by atoms with E-state index in [1.165, 1.54) is 24.9 Å². The van der Waals surface area contributed by atoms with Crippen LogP contribution < -0.4 is 5.32 Å². The molecule has 1 aromatic rings. The fraction of sp³-hybridized carbons (Fsp3) is 0.500. The second-order valence-corrected chi connectivity index (χ2v) is 3.98. The molecule has 2 atom stereocenters. The molecule has 1 aliphatic rings. The van der Waals surface area contributed by atoms with Gasteiger partial charge in [0.2, 0.25) is 0 Å². The molecule has 1 aromatic carbocycles. The summed E-state index contributed by atoms with van der Waals surface area (Å²) in [6.45, 7) is 3.49. The van der Waals surface area contributed by atoms with Crippen LogP contribution in [0.3, 0.4) is 0 Å². The lowest BCUT2D eigenvalue weighted by molar-refractivity contribution is 0.474. The molecule has 70 valence electrons. The van der Waals surface area contributed by atoms with Gasteiger partial charge in [0.25, 0.3) is 0 Å². The molecule has 1 heterocycles. The van der Waals surface area contributed by atoms with Crippen molar-refractivity contribution in [3.05, 3.63) is 35.9 Å². The summed E-state index contributed by atoms with van der Waals surface area (Å²) in [4.78, 5) is 0. The van der Waals surface area contributed by atoms with Crippen LogP contribution >= 0.6 is 0 Å². The van der Waals surface area contributed by atoms with Crippen molar-refractivity contribution >= 4 is 0 Å². The SMILES string of the molecule is CC1NCCC1Cc1ccccc1. The van der Waals surface area contributed by atoms with E-state index in [4.69, 9.17) is 0 Å². The van der Waals surface area contributed by atoms with Gasteiger partial charge in [-0.2, -0.15) is 0 Å². The maximum Gasteiger partial charge on any atom is 0.00706 e. The molecule has 2 unspecified atom stereocenters. The van der Waals surface area contributed by atoms with Crippen molar-refractivity contribution < 1.29 is 0 Å². The first kappa shape index (κ1) is 8.76. The normalized spacial score (nSPS) is 27.8. The van der Waals surface area contributed by atoms with Crippen LogP contribution in [0, 0.1) is 5.92 Å². The first-order valence-electron chi connectivity index (χ1n) is 5.13. The van der Waals surface area contributed by atoms with E-state index in [2.05, 4.69) is 42.6 Å². The zero-order valence-corrected chi connectivity index (χ0v) is 8.16. The molecule has 0 aliphatic carbocycles. The van der Waals surface area contributed by atoms with Crippen molar-refractivity contribution in [3.63, 3.8) is 0 Å². The van der Waals surface area contributed by atoms with Crippen LogP contribution in [0.5, 0.6) is 0 Å². The standard InChI is InChI=1S/C12H17N/c1-10-12(7-8-13-10)9-11-5-3-2-4-6-11/h2-6,10,12-13H,7-9H2,1H3. The lowest BCUT2D eigenvalue weighted by Gasteiger charge is -2.14. The summed E-state index contributed by atoms with van der Waals surface area (Å²) in [5, 5.41) is 3.49. The van der Waals surface area contributed by atoms with Crippen molar-refractivity contribution in [1.29, 1.82) is 0 Å². The highest BCUT2D eigenvalue weighted by Gasteiger charge is 2.22. The van der Waals surface area contributed by atoms with Gasteiger partial charge in [0.05, 0.1) is 0 Å². The van der Waals surface area contributed by atoms with Crippen LogP contribution in [-0.4, -0.2) is 12.6 Å². The molecular formula is C12H17N. The molecule has 0 radical (unpaired) electrons. The molecule has 2 rings (SSSR count). The van der Waals surface area contributed by atoms with E-state index in [9.17, 15) is 0 Å². The minimum absolute atomic E-state index is 0.695. The largest absolute Gasteiger partial charge is 0.314 e. The average Bonchev–Trinajstić information content (AvgIpc) is 2.54. The Bertz CT molecular complexity index is 255. The molecule has 1 N–H and O–H groups in total. The molecular weight excluding hydrogens is 158 g/mol. The second-order valence-electron chi connectivity index (χ2n) is 3.98. The fourth-order valence-corrected chi connectivity index (χ4v) is 2.11. The molecule has 1 saturated heterocycles. The molecule has 0 bridgehead atoms. The highest BCUT2D eigenvalue weighted by Crippen LogP contribution is 2.19. The number of benzene rings is 1. The molecule has 0 saturated carbocycles. The Hall–Kier alpha value is -0.820. The summed E-state index contributed by atoms with van der Waals surface area (Å²) in [5.41, 5.74) is 1.48. The van der Waals surface area contributed by atoms with Gasteiger partial charge in [-0.3, -0.25) is 0 Å². The van der Waals surface area contributed by atoms with E-state index >= 15 is 0 Å². The number of hydrogen-bond donors (Lipinski definition) is 1. The zero-order valence-electron chi connectivity index (χ0n) is 8.16. The Kier molecular flexibility index (Phi) is 2.65. The van der Waals surface area contributed by atoms with E-state index in [1.54, 1.807) is 0 Å². The van der Waals surface area contributed by atoms with Gasteiger partial charge >= 0.3 is 0 Å². The van der Waals surface area contributed by atoms with Gasteiger partial charge in [0.1, 0.15) is 0 Å². The lowest BCUT2D eigenvalue weighted by atomic mass is 9.94. The summed E-state index contributed by atoms with van der Waals surface area (Å²) in [5.74, 6) is 0.836. The third-order valence-electron chi connectivity index (χ3n) is 3.03. The third-order valence-corrected chi connectivity index (χ3v) is 3.03. The van der Waals surface area contributed by atoms with E-state index in [0.717, 1.165) is 5.92 Å². The predicted octanol–water partition coefficient (Wildman–Crippen LogP) is 2.23. The summed E-state index contributed by atoms with van der Waals surface area (Å²) in [7, 11) is 0. The minimum Gasteiger partial charge on any atom is -0.314 e. The van der Waals surface area contributed by atoms with Crippen LogP contribution in [0.4, 0.5) is 0 Å². The Morgan fingerprint density at radius 2 is 2.08 bits per heavy atom. The van der Waals surface area contributed by atoms with Crippen LogP contribution in [0.25, 0.3) is 0 Å². The highest BCUT2D eigenvalue weighted by molar-refractivity contribution is 5.15. The maximum atomic E-state index is 3.49. The van der Waals surface area contributed by atoms with Crippen LogP contribution in [0.2, 0.25) is 0 Å². The average molecular weight is 175 g/mol. The minimum atomic E-state index is 0.695. The number of nitrogens with one attached hydrogen (secondary N) is 1. The van der Waals surface area contributed by atoms with Gasteiger partial charge in [-0.1, -0.05) is 30.3 Å².